The fourth-order valence-corrected chi connectivity index (χ4v) is 3.76. The Morgan fingerprint density at radius 3 is 2.50 bits per heavy atom. The average Bonchev–Trinajstić information content (AvgIpc) is 3.30. The maximum absolute atomic E-state index is 13.2. The van der Waals surface area contributed by atoms with Gasteiger partial charge in [0.25, 0.3) is 0 Å². The quantitative estimate of drug-likeness (QED) is 0.384. The van der Waals surface area contributed by atoms with Gasteiger partial charge < -0.3 is 25.8 Å². The summed E-state index contributed by atoms with van der Waals surface area (Å²) < 4.78 is 10.1. The number of nitrogens with one attached hydrogen (secondary N) is 2. The second-order valence-corrected chi connectivity index (χ2v) is 9.55. The molecule has 0 aromatic carbocycles. The van der Waals surface area contributed by atoms with Gasteiger partial charge in [-0.25, -0.2) is 9.59 Å². The summed E-state index contributed by atoms with van der Waals surface area (Å²) in [6.45, 7) is 5.56. The number of likely N-dealkylation sites (tertiary alicyclic amines) is 1. The zero-order valence-electron chi connectivity index (χ0n) is 21.1. The minimum atomic E-state index is -1.13. The number of methoxy groups -OCH3 is 1. The smallest absolute Gasteiger partial charge is 0.410 e. The minimum absolute atomic E-state index is 0.0592. The first-order valence-corrected chi connectivity index (χ1v) is 11.8. The lowest BCUT2D eigenvalue weighted by atomic mass is 10.0. The van der Waals surface area contributed by atoms with Crippen molar-refractivity contribution in [3.05, 3.63) is 30.1 Å². The third-order valence-corrected chi connectivity index (χ3v) is 5.46. The van der Waals surface area contributed by atoms with E-state index in [9.17, 15) is 24.0 Å². The largest absolute Gasteiger partial charge is 0.467 e. The van der Waals surface area contributed by atoms with Crippen molar-refractivity contribution in [1.82, 2.24) is 20.5 Å². The van der Waals surface area contributed by atoms with E-state index in [0.717, 1.165) is 7.11 Å². The molecule has 1 aromatic heterocycles. The summed E-state index contributed by atoms with van der Waals surface area (Å²) in [5, 5.41) is 5.25. The molecular formula is C24H35N5O7. The molecule has 2 rings (SSSR count). The standard InChI is InChI=1S/C24H35N5O7/c1-24(2,3)36-23(34)29-12-6-8-18(29)21(32)28-17(13-15-7-5-11-26-14-15)20(31)27-16(22(33)35-4)9-10-19(25)30/h5,7,11,14,16-18H,6,8-10,12-13H2,1-4H3,(H2,25,30)(H,27,31)(H,28,32)/t16?,17-,18-/m0/s1. The minimum Gasteiger partial charge on any atom is -0.467 e. The fraction of sp³-hybridized carbons (Fsp3) is 0.583. The number of nitrogens with two attached hydrogens (primary N) is 1. The van der Waals surface area contributed by atoms with E-state index < -0.39 is 53.5 Å². The molecule has 3 atom stereocenters. The Morgan fingerprint density at radius 1 is 1.19 bits per heavy atom. The molecule has 36 heavy (non-hydrogen) atoms. The highest BCUT2D eigenvalue weighted by molar-refractivity contribution is 5.93. The second-order valence-electron chi connectivity index (χ2n) is 9.55. The van der Waals surface area contributed by atoms with Crippen LogP contribution in [0.5, 0.6) is 0 Å². The fourth-order valence-electron chi connectivity index (χ4n) is 3.76. The van der Waals surface area contributed by atoms with Crippen molar-refractivity contribution in [3.8, 4) is 0 Å². The van der Waals surface area contributed by atoms with Crippen LogP contribution in [0.2, 0.25) is 0 Å². The molecule has 1 aliphatic rings. The van der Waals surface area contributed by atoms with Gasteiger partial charge in [-0.1, -0.05) is 6.07 Å². The SMILES string of the molecule is COC(=O)C(CCC(N)=O)NC(=O)[C@H](Cc1cccnc1)NC(=O)[C@@H]1CCCN1C(=O)OC(C)(C)C. The first kappa shape index (κ1) is 28.5. The van der Waals surface area contributed by atoms with Gasteiger partial charge >= 0.3 is 12.1 Å². The van der Waals surface area contributed by atoms with Gasteiger partial charge in [0.15, 0.2) is 0 Å². The highest BCUT2D eigenvalue weighted by Crippen LogP contribution is 2.21. The van der Waals surface area contributed by atoms with Crippen LogP contribution in [0.25, 0.3) is 0 Å². The zero-order valence-corrected chi connectivity index (χ0v) is 21.1. The van der Waals surface area contributed by atoms with Crippen molar-refractivity contribution in [3.63, 3.8) is 0 Å². The number of aromatic nitrogens is 1. The number of pyridine rings is 1. The molecular weight excluding hydrogens is 470 g/mol. The Kier molecular flexibility index (Phi) is 10.2. The lowest BCUT2D eigenvalue weighted by Crippen LogP contribution is -2.56. The summed E-state index contributed by atoms with van der Waals surface area (Å²) in [7, 11) is 1.16. The summed E-state index contributed by atoms with van der Waals surface area (Å²) in [6.07, 6.45) is 3.41. The van der Waals surface area contributed by atoms with Gasteiger partial charge in [-0.05, 0) is 51.7 Å². The maximum atomic E-state index is 13.2. The van der Waals surface area contributed by atoms with Crippen molar-refractivity contribution in [2.75, 3.05) is 13.7 Å². The number of carbonyl (C=O) groups excluding carboxylic acids is 5. The topological polar surface area (TPSA) is 170 Å². The van der Waals surface area contributed by atoms with Crippen LogP contribution in [0.4, 0.5) is 4.79 Å². The molecule has 1 aliphatic heterocycles. The maximum Gasteiger partial charge on any atom is 0.410 e. The summed E-state index contributed by atoms with van der Waals surface area (Å²) in [5.74, 6) is -2.56. The number of esters is 1. The molecule has 1 saturated heterocycles. The van der Waals surface area contributed by atoms with E-state index in [0.29, 0.717) is 24.9 Å². The van der Waals surface area contributed by atoms with E-state index in [-0.39, 0.29) is 19.3 Å². The van der Waals surface area contributed by atoms with E-state index >= 15 is 0 Å². The predicted molar refractivity (Wildman–Crippen MR) is 128 cm³/mol. The second kappa shape index (κ2) is 12.8. The molecule has 12 heteroatoms. The number of carbonyl (C=O) groups is 5. The average molecular weight is 506 g/mol. The highest BCUT2D eigenvalue weighted by Gasteiger charge is 2.38. The number of primary amides is 1. The molecule has 0 saturated carbocycles. The van der Waals surface area contributed by atoms with Crippen LogP contribution < -0.4 is 16.4 Å². The first-order chi connectivity index (χ1) is 16.9. The van der Waals surface area contributed by atoms with E-state index in [1.165, 1.54) is 4.90 Å². The summed E-state index contributed by atoms with van der Waals surface area (Å²) in [6, 6.07) is 0.400. The molecule has 2 heterocycles. The van der Waals surface area contributed by atoms with Crippen molar-refractivity contribution in [2.45, 2.75) is 76.6 Å². The monoisotopic (exact) mass is 505 g/mol. The van der Waals surface area contributed by atoms with Crippen LogP contribution in [-0.4, -0.2) is 77.0 Å². The Bertz CT molecular complexity index is 948. The van der Waals surface area contributed by atoms with Gasteiger partial charge in [0.1, 0.15) is 23.7 Å². The normalized spacial score (nSPS) is 17.0. The summed E-state index contributed by atoms with van der Waals surface area (Å²) in [5.41, 5.74) is 5.12. The van der Waals surface area contributed by atoms with Gasteiger partial charge in [-0.15, -0.1) is 0 Å². The Balaban J connectivity index is 2.20. The van der Waals surface area contributed by atoms with Gasteiger partial charge in [-0.3, -0.25) is 24.3 Å². The molecule has 0 spiro atoms. The van der Waals surface area contributed by atoms with Crippen molar-refractivity contribution < 1.29 is 33.4 Å². The van der Waals surface area contributed by atoms with Crippen molar-refractivity contribution >= 4 is 29.8 Å². The van der Waals surface area contributed by atoms with E-state index in [2.05, 4.69) is 15.6 Å². The van der Waals surface area contributed by atoms with E-state index in [4.69, 9.17) is 15.2 Å². The number of hydrogen-bond donors (Lipinski definition) is 3. The Morgan fingerprint density at radius 2 is 1.92 bits per heavy atom. The first-order valence-electron chi connectivity index (χ1n) is 11.8. The molecule has 1 fully saturated rings. The van der Waals surface area contributed by atoms with Gasteiger partial charge in [0.05, 0.1) is 7.11 Å². The molecule has 4 amide bonds. The molecule has 0 aliphatic carbocycles. The summed E-state index contributed by atoms with van der Waals surface area (Å²) >= 11 is 0. The molecule has 1 unspecified atom stereocenters. The van der Waals surface area contributed by atoms with Crippen LogP contribution in [0.15, 0.2) is 24.5 Å². The predicted octanol–water partition coefficient (Wildman–Crippen LogP) is 0.432. The third kappa shape index (κ3) is 8.82. The van der Waals surface area contributed by atoms with Crippen LogP contribution in [-0.2, 0) is 35.1 Å². The number of hydrogen-bond acceptors (Lipinski definition) is 8. The lowest BCUT2D eigenvalue weighted by Gasteiger charge is -2.29. The van der Waals surface area contributed by atoms with Crippen LogP contribution in [0, 0.1) is 0 Å². The van der Waals surface area contributed by atoms with Gasteiger partial charge in [0, 0.05) is 31.8 Å². The van der Waals surface area contributed by atoms with Crippen LogP contribution in [0.3, 0.4) is 0 Å². The molecule has 0 radical (unpaired) electrons. The van der Waals surface area contributed by atoms with Crippen molar-refractivity contribution in [1.29, 1.82) is 0 Å². The van der Waals surface area contributed by atoms with E-state index in [1.807, 2.05) is 0 Å². The van der Waals surface area contributed by atoms with Gasteiger partial charge in [-0.2, -0.15) is 0 Å². The Hall–Kier alpha value is -3.70. The highest BCUT2D eigenvalue weighted by atomic mass is 16.6. The number of ether oxygens (including phenoxy) is 2. The van der Waals surface area contributed by atoms with E-state index in [1.54, 1.807) is 45.3 Å². The van der Waals surface area contributed by atoms with Crippen LogP contribution >= 0.6 is 0 Å². The molecule has 4 N–H and O–H groups in total. The molecule has 1 aromatic rings. The zero-order chi connectivity index (χ0) is 26.9. The molecule has 198 valence electrons. The van der Waals surface area contributed by atoms with Crippen molar-refractivity contribution in [2.24, 2.45) is 5.73 Å². The van der Waals surface area contributed by atoms with Gasteiger partial charge in [0.2, 0.25) is 17.7 Å². The number of amides is 4. The lowest BCUT2D eigenvalue weighted by molar-refractivity contribution is -0.145. The Labute approximate surface area is 210 Å². The molecule has 12 nitrogen and oxygen atoms in total. The molecule has 0 bridgehead atoms. The number of nitrogens with zero attached hydrogens (tertiary/aromatic N) is 2. The number of rotatable bonds is 10. The summed E-state index contributed by atoms with van der Waals surface area (Å²) in [4.78, 5) is 67.8. The van der Waals surface area contributed by atoms with Crippen LogP contribution in [0.1, 0.15) is 52.0 Å². The third-order valence-electron chi connectivity index (χ3n) is 5.46.